The van der Waals surface area contributed by atoms with Crippen LogP contribution in [0.4, 0.5) is 0 Å². The molecule has 0 fully saturated rings. The van der Waals surface area contributed by atoms with Gasteiger partial charge < -0.3 is 4.74 Å². The van der Waals surface area contributed by atoms with E-state index in [9.17, 15) is 0 Å². The van der Waals surface area contributed by atoms with Crippen LogP contribution in [0.1, 0.15) is 11.1 Å². The number of aromatic nitrogens is 6. The van der Waals surface area contributed by atoms with Crippen molar-refractivity contribution in [2.45, 2.75) is 5.66 Å². The topological polar surface area (TPSA) is 52.1 Å². The molecule has 1 atom stereocenters. The summed E-state index contributed by atoms with van der Waals surface area (Å²) in [6.07, 6.45) is 8.27. The summed E-state index contributed by atoms with van der Waals surface area (Å²) in [5.41, 5.74) is 7.38. The van der Waals surface area contributed by atoms with Crippen LogP contribution in [0.25, 0.3) is 65.8 Å². The monoisotopic (exact) mass is 538 g/mol. The van der Waals surface area contributed by atoms with Gasteiger partial charge in [-0.1, -0.05) is 18.2 Å². The van der Waals surface area contributed by atoms with E-state index in [0.29, 0.717) is 0 Å². The summed E-state index contributed by atoms with van der Waals surface area (Å²) in [5.74, 6) is 2.87. The molecule has 6 aromatic heterocycles. The highest BCUT2D eigenvalue weighted by Crippen LogP contribution is 2.55. The quantitative estimate of drug-likeness (QED) is 0.179. The zero-order valence-electron chi connectivity index (χ0n) is 22.0. The van der Waals surface area contributed by atoms with Gasteiger partial charge in [0.25, 0.3) is 11.5 Å². The molecule has 0 N–H and O–H groups in total. The Bertz CT molecular complexity index is 2790. The van der Waals surface area contributed by atoms with Crippen LogP contribution in [0.2, 0.25) is 0 Å². The van der Waals surface area contributed by atoms with Gasteiger partial charge in [-0.05, 0) is 54.6 Å². The summed E-state index contributed by atoms with van der Waals surface area (Å²) >= 11 is 0. The highest BCUT2D eigenvalue weighted by atomic mass is 16.5. The molecule has 3 aromatic carbocycles. The molecule has 3 aliphatic rings. The molecule has 3 aliphatic heterocycles. The van der Waals surface area contributed by atoms with Gasteiger partial charge >= 0.3 is 5.66 Å². The largest absolute Gasteiger partial charge is 0.456 e. The maximum absolute atomic E-state index is 6.91. The highest BCUT2D eigenvalue weighted by Gasteiger charge is 2.63. The number of fused-ring (bicyclic) bond motifs is 8. The van der Waals surface area contributed by atoms with Crippen LogP contribution >= 0.6 is 0 Å². The number of hydrogen-bond donors (Lipinski definition) is 0. The zero-order chi connectivity index (χ0) is 26.9. The molecule has 9 heterocycles. The number of benzene rings is 3. The van der Waals surface area contributed by atoms with E-state index in [1.807, 2.05) is 12.4 Å². The van der Waals surface area contributed by atoms with Crippen molar-refractivity contribution in [1.29, 1.82) is 0 Å². The number of ether oxygens (including phenoxy) is 1. The lowest BCUT2D eigenvalue weighted by Gasteiger charge is -2.40. The molecule has 0 saturated heterocycles. The number of para-hydroxylation sites is 1. The van der Waals surface area contributed by atoms with E-state index in [2.05, 4.69) is 126 Å². The molecule has 9 aromatic rings. The Morgan fingerprint density at radius 3 is 2.29 bits per heavy atom. The van der Waals surface area contributed by atoms with Crippen LogP contribution in [0, 0.1) is 0 Å². The zero-order valence-corrected chi connectivity index (χ0v) is 22.0. The van der Waals surface area contributed by atoms with Crippen molar-refractivity contribution in [2.24, 2.45) is 0 Å². The molecule has 7 nitrogen and oxygen atoms in total. The maximum atomic E-state index is 6.91. The molecule has 192 valence electrons. The lowest BCUT2D eigenvalue weighted by molar-refractivity contribution is -0.960. The van der Waals surface area contributed by atoms with Gasteiger partial charge in [0.15, 0.2) is 11.0 Å². The van der Waals surface area contributed by atoms with Crippen molar-refractivity contribution in [3.05, 3.63) is 121 Å². The summed E-state index contributed by atoms with van der Waals surface area (Å²) in [5, 5.41) is 15.6. The molecule has 1 unspecified atom stereocenters. The van der Waals surface area contributed by atoms with Crippen molar-refractivity contribution < 1.29 is 13.9 Å². The Morgan fingerprint density at radius 2 is 1.38 bits per heavy atom. The number of rotatable bonds is 0. The van der Waals surface area contributed by atoms with Crippen LogP contribution in [0.5, 0.6) is 11.5 Å². The molecular weight excluding hydrogens is 520 g/mol. The molecule has 0 aliphatic carbocycles. The second-order valence-corrected chi connectivity index (χ2v) is 11.6. The van der Waals surface area contributed by atoms with Crippen molar-refractivity contribution in [2.75, 3.05) is 0 Å². The third-order valence-corrected chi connectivity index (χ3v) is 9.88. The standard InChI is InChI=1S/C35H18N6O/c1-2-8-25-20(7-1)21-10-12-27-30-32(21)40(25)29-9-3-4-14-38(29)35(30)31-28(42-27)13-11-22-23-17-36-37-18-24(23)26-16-19-6-5-15-39(35)34(19)41(26)33(22)31/h1-18H/q+2. The second kappa shape index (κ2) is 6.24. The van der Waals surface area contributed by atoms with Gasteiger partial charge in [0.05, 0.1) is 35.6 Å². The minimum absolute atomic E-state index is 0.724. The highest BCUT2D eigenvalue weighted by molar-refractivity contribution is 6.17. The van der Waals surface area contributed by atoms with Gasteiger partial charge in [-0.25, -0.2) is 0 Å². The predicted octanol–water partition coefficient (Wildman–Crippen LogP) is 5.89. The Balaban J connectivity index is 1.46. The smallest absolute Gasteiger partial charge is 0.321 e. The molecule has 0 saturated carbocycles. The Morgan fingerprint density at radius 1 is 0.619 bits per heavy atom. The average Bonchev–Trinajstić information content (AvgIpc) is 3.61. The van der Waals surface area contributed by atoms with Crippen LogP contribution in [-0.4, -0.2) is 19.2 Å². The Kier molecular flexibility index (Phi) is 2.99. The summed E-state index contributed by atoms with van der Waals surface area (Å²) in [4.78, 5) is 0. The maximum Gasteiger partial charge on any atom is 0.321 e. The fraction of sp³-hybridized carbons (Fsp3) is 0.0286. The van der Waals surface area contributed by atoms with Gasteiger partial charge in [-0.15, -0.1) is 0 Å². The first-order chi connectivity index (χ1) is 20.9. The van der Waals surface area contributed by atoms with Gasteiger partial charge in [-0.3, -0.25) is 0 Å². The minimum atomic E-state index is -0.724. The van der Waals surface area contributed by atoms with E-state index in [-0.39, 0.29) is 0 Å². The third-order valence-electron chi connectivity index (χ3n) is 9.88. The van der Waals surface area contributed by atoms with Gasteiger partial charge in [0.2, 0.25) is 0 Å². The van der Waals surface area contributed by atoms with Gasteiger partial charge in [-0.2, -0.15) is 28.3 Å². The van der Waals surface area contributed by atoms with Crippen molar-refractivity contribution in [3.8, 4) is 17.3 Å². The molecule has 12 rings (SSSR count). The molecule has 42 heavy (non-hydrogen) atoms. The van der Waals surface area contributed by atoms with E-state index in [1.54, 1.807) is 0 Å². The first-order valence-electron chi connectivity index (χ1n) is 14.2. The summed E-state index contributed by atoms with van der Waals surface area (Å²) in [6, 6.07) is 30.6. The second-order valence-electron chi connectivity index (χ2n) is 11.6. The summed E-state index contributed by atoms with van der Waals surface area (Å²) < 4.78 is 16.7. The fourth-order valence-corrected chi connectivity index (χ4v) is 8.49. The number of pyridine rings is 3. The van der Waals surface area contributed by atoms with E-state index in [1.165, 1.54) is 27.2 Å². The Hall–Kier alpha value is -5.82. The molecule has 0 amide bonds. The van der Waals surface area contributed by atoms with Crippen molar-refractivity contribution >= 4 is 60.0 Å². The average molecular weight is 539 g/mol. The molecule has 0 radical (unpaired) electrons. The van der Waals surface area contributed by atoms with E-state index < -0.39 is 5.66 Å². The number of hydrogen-bond acceptors (Lipinski definition) is 3. The van der Waals surface area contributed by atoms with Crippen molar-refractivity contribution in [3.63, 3.8) is 0 Å². The summed E-state index contributed by atoms with van der Waals surface area (Å²) in [6.45, 7) is 0. The molecular formula is C35H18N6O+2. The Labute approximate surface area is 236 Å². The third kappa shape index (κ3) is 1.84. The van der Waals surface area contributed by atoms with Crippen LogP contribution in [0.3, 0.4) is 0 Å². The van der Waals surface area contributed by atoms with E-state index in [4.69, 9.17) is 4.74 Å². The van der Waals surface area contributed by atoms with Gasteiger partial charge in [0, 0.05) is 33.7 Å². The predicted molar refractivity (Wildman–Crippen MR) is 158 cm³/mol. The van der Waals surface area contributed by atoms with Gasteiger partial charge in [0.1, 0.15) is 33.7 Å². The lowest BCUT2D eigenvalue weighted by Crippen LogP contribution is -2.78. The lowest BCUT2D eigenvalue weighted by atomic mass is 9.81. The first kappa shape index (κ1) is 20.1. The van der Waals surface area contributed by atoms with Crippen LogP contribution in [0.15, 0.2) is 110 Å². The van der Waals surface area contributed by atoms with Crippen molar-refractivity contribution in [1.82, 2.24) is 19.2 Å². The van der Waals surface area contributed by atoms with E-state index >= 15 is 0 Å². The molecule has 1 spiro atoms. The first-order valence-corrected chi connectivity index (χ1v) is 14.2. The molecule has 0 bridgehead atoms. The minimum Gasteiger partial charge on any atom is -0.456 e. The molecule has 7 heteroatoms. The number of nitrogens with zero attached hydrogens (tertiary/aromatic N) is 6. The SMILES string of the molecule is c1cc[n+]2c(c1)-n1c3ccccc3c3ccc4c(c31)C21c2c(ccc3c5cnncc5c5cc6ccc[n+]1c6n5c23)O4. The van der Waals surface area contributed by atoms with E-state index in [0.717, 1.165) is 61.3 Å². The fourth-order valence-electron chi connectivity index (χ4n) is 8.49. The normalized spacial score (nSPS) is 17.3. The van der Waals surface area contributed by atoms with Crippen LogP contribution in [-0.2, 0) is 5.66 Å². The summed E-state index contributed by atoms with van der Waals surface area (Å²) in [7, 11) is 0. The van der Waals surface area contributed by atoms with Crippen LogP contribution < -0.4 is 13.9 Å².